The van der Waals surface area contributed by atoms with Crippen LogP contribution in [-0.2, 0) is 4.79 Å². The average molecular weight is 435 g/mol. The summed E-state index contributed by atoms with van der Waals surface area (Å²) in [5.41, 5.74) is 2.05. The van der Waals surface area contributed by atoms with Gasteiger partial charge in [-0.15, -0.1) is 0 Å². The number of amides is 1. The van der Waals surface area contributed by atoms with Crippen LogP contribution in [0.25, 0.3) is 0 Å². The van der Waals surface area contributed by atoms with Crippen molar-refractivity contribution in [2.75, 3.05) is 5.32 Å². The number of hydrogen-bond donors (Lipinski definition) is 2. The minimum atomic E-state index is -0.461. The predicted octanol–water partition coefficient (Wildman–Crippen LogP) is 5.83. The Labute approximate surface area is 192 Å². The van der Waals surface area contributed by atoms with Gasteiger partial charge in [-0.05, 0) is 130 Å². The summed E-state index contributed by atoms with van der Waals surface area (Å²) in [5, 5.41) is 22.9. The second kappa shape index (κ2) is 7.87. The van der Waals surface area contributed by atoms with E-state index in [2.05, 4.69) is 18.3 Å². The van der Waals surface area contributed by atoms with Crippen molar-refractivity contribution in [1.29, 1.82) is 5.26 Å². The first-order valence-corrected chi connectivity index (χ1v) is 12.8. The Hall–Kier alpha value is -1.86. The molecule has 0 saturated heterocycles. The molecule has 4 fully saturated rings. The standard InChI is InChI=1S/C28H38N2O2/c1-17-14-18(16-29)4-9-25(17)30-26(31)24-8-7-23-22-6-5-19-15-27(2,32)12-10-20(19)21(22)11-13-28(23,24)3/h4,9,14,19-24,32H,5-8,10-13,15H2,1-3H3,(H,30,31)/t19-,20+,21-,22-,23+,24-,27-,28+/m1/s1. The van der Waals surface area contributed by atoms with Gasteiger partial charge in [-0.2, -0.15) is 5.26 Å². The van der Waals surface area contributed by atoms with Crippen LogP contribution >= 0.6 is 0 Å². The van der Waals surface area contributed by atoms with E-state index in [1.165, 1.54) is 32.1 Å². The molecule has 2 N–H and O–H groups in total. The molecule has 8 atom stereocenters. The molecular weight excluding hydrogens is 396 g/mol. The lowest BCUT2D eigenvalue weighted by Gasteiger charge is -2.56. The van der Waals surface area contributed by atoms with Crippen molar-refractivity contribution >= 4 is 11.6 Å². The lowest BCUT2D eigenvalue weighted by molar-refractivity contribution is -0.129. The highest BCUT2D eigenvalue weighted by molar-refractivity contribution is 5.94. The van der Waals surface area contributed by atoms with Crippen LogP contribution in [0, 0.1) is 59.2 Å². The zero-order chi connectivity index (χ0) is 22.7. The van der Waals surface area contributed by atoms with Gasteiger partial charge in [0.15, 0.2) is 0 Å². The number of nitrogens with one attached hydrogen (secondary N) is 1. The van der Waals surface area contributed by atoms with Gasteiger partial charge in [0.1, 0.15) is 0 Å². The molecule has 4 aliphatic rings. The number of nitrogens with zero attached hydrogens (tertiary/aromatic N) is 1. The van der Waals surface area contributed by atoms with Crippen molar-refractivity contribution < 1.29 is 9.90 Å². The quantitative estimate of drug-likeness (QED) is 0.615. The van der Waals surface area contributed by atoms with Crippen molar-refractivity contribution in [3.63, 3.8) is 0 Å². The van der Waals surface area contributed by atoms with Gasteiger partial charge in [-0.3, -0.25) is 4.79 Å². The predicted molar refractivity (Wildman–Crippen MR) is 126 cm³/mol. The van der Waals surface area contributed by atoms with Crippen molar-refractivity contribution in [2.24, 2.45) is 40.9 Å². The fraction of sp³-hybridized carbons (Fsp3) is 0.714. The number of carbonyl (C=O) groups is 1. The Morgan fingerprint density at radius 1 is 1.06 bits per heavy atom. The second-order valence-electron chi connectivity index (χ2n) is 12.0. The number of rotatable bonds is 2. The normalized spacial score (nSPS) is 42.8. The maximum Gasteiger partial charge on any atom is 0.228 e. The molecule has 1 aromatic carbocycles. The maximum atomic E-state index is 13.4. The zero-order valence-corrected chi connectivity index (χ0v) is 19.9. The number of hydrogen-bond acceptors (Lipinski definition) is 3. The Morgan fingerprint density at radius 2 is 1.84 bits per heavy atom. The number of aryl methyl sites for hydroxylation is 1. The highest BCUT2D eigenvalue weighted by Crippen LogP contribution is 2.64. The van der Waals surface area contributed by atoms with Gasteiger partial charge in [0.25, 0.3) is 0 Å². The molecular formula is C28H38N2O2. The molecule has 4 heteroatoms. The number of fused-ring (bicyclic) bond motifs is 5. The second-order valence-corrected chi connectivity index (χ2v) is 12.0. The first-order chi connectivity index (χ1) is 15.2. The summed E-state index contributed by atoms with van der Waals surface area (Å²) in [5.74, 6) is 3.94. The molecule has 32 heavy (non-hydrogen) atoms. The van der Waals surface area contributed by atoms with Crippen molar-refractivity contribution in [2.45, 2.75) is 84.2 Å². The smallest absolute Gasteiger partial charge is 0.228 e. The molecule has 172 valence electrons. The number of anilines is 1. The molecule has 0 heterocycles. The van der Waals surface area contributed by atoms with Crippen LogP contribution in [0.2, 0.25) is 0 Å². The molecule has 4 saturated carbocycles. The van der Waals surface area contributed by atoms with Gasteiger partial charge in [0.2, 0.25) is 5.91 Å². The van der Waals surface area contributed by atoms with Gasteiger partial charge < -0.3 is 10.4 Å². The summed E-state index contributed by atoms with van der Waals surface area (Å²) in [6.07, 6.45) is 10.2. The van der Waals surface area contributed by atoms with E-state index in [4.69, 9.17) is 5.26 Å². The largest absolute Gasteiger partial charge is 0.390 e. The van der Waals surface area contributed by atoms with E-state index in [9.17, 15) is 9.90 Å². The number of nitriles is 1. The van der Waals surface area contributed by atoms with Crippen LogP contribution in [0.15, 0.2) is 18.2 Å². The summed E-state index contributed by atoms with van der Waals surface area (Å²) < 4.78 is 0. The topological polar surface area (TPSA) is 73.1 Å². The van der Waals surface area contributed by atoms with E-state index in [1.54, 1.807) is 6.07 Å². The molecule has 0 radical (unpaired) electrons. The number of carbonyl (C=O) groups excluding carboxylic acids is 1. The third-order valence-electron chi connectivity index (χ3n) is 10.2. The van der Waals surface area contributed by atoms with E-state index in [1.807, 2.05) is 26.0 Å². The van der Waals surface area contributed by atoms with Crippen LogP contribution in [-0.4, -0.2) is 16.6 Å². The van der Waals surface area contributed by atoms with Gasteiger partial charge in [-0.25, -0.2) is 0 Å². The van der Waals surface area contributed by atoms with Crippen LogP contribution in [0.1, 0.15) is 82.8 Å². The van der Waals surface area contributed by atoms with Crippen LogP contribution in [0.4, 0.5) is 5.69 Å². The highest BCUT2D eigenvalue weighted by Gasteiger charge is 2.58. The lowest BCUT2D eigenvalue weighted by Crippen LogP contribution is -2.51. The molecule has 4 aliphatic carbocycles. The zero-order valence-electron chi connectivity index (χ0n) is 19.9. The maximum absolute atomic E-state index is 13.4. The third kappa shape index (κ3) is 3.58. The number of benzene rings is 1. The van der Waals surface area contributed by atoms with E-state index < -0.39 is 5.60 Å². The van der Waals surface area contributed by atoms with Gasteiger partial charge >= 0.3 is 0 Å². The minimum Gasteiger partial charge on any atom is -0.390 e. The Balaban J connectivity index is 1.31. The average Bonchev–Trinajstić information content (AvgIpc) is 3.11. The van der Waals surface area contributed by atoms with E-state index in [0.717, 1.165) is 54.7 Å². The molecule has 0 unspecified atom stereocenters. The molecule has 4 nitrogen and oxygen atoms in total. The monoisotopic (exact) mass is 434 g/mol. The molecule has 1 aromatic rings. The Bertz CT molecular complexity index is 947. The van der Waals surface area contributed by atoms with E-state index >= 15 is 0 Å². The molecule has 1 amide bonds. The third-order valence-corrected chi connectivity index (χ3v) is 10.2. The summed E-state index contributed by atoms with van der Waals surface area (Å²) in [6.45, 7) is 6.39. The summed E-state index contributed by atoms with van der Waals surface area (Å²) >= 11 is 0. The van der Waals surface area contributed by atoms with E-state index in [0.29, 0.717) is 17.4 Å². The van der Waals surface area contributed by atoms with Gasteiger partial charge in [0.05, 0.1) is 17.2 Å². The summed E-state index contributed by atoms with van der Waals surface area (Å²) in [7, 11) is 0. The van der Waals surface area contributed by atoms with Crippen LogP contribution in [0.3, 0.4) is 0 Å². The Morgan fingerprint density at radius 3 is 2.59 bits per heavy atom. The van der Waals surface area contributed by atoms with Crippen molar-refractivity contribution in [3.05, 3.63) is 29.3 Å². The first kappa shape index (κ1) is 22.0. The summed E-state index contributed by atoms with van der Waals surface area (Å²) in [6, 6.07) is 7.67. The van der Waals surface area contributed by atoms with E-state index in [-0.39, 0.29) is 17.2 Å². The first-order valence-electron chi connectivity index (χ1n) is 12.8. The van der Waals surface area contributed by atoms with Crippen molar-refractivity contribution in [3.8, 4) is 6.07 Å². The van der Waals surface area contributed by atoms with Gasteiger partial charge in [0, 0.05) is 11.6 Å². The summed E-state index contributed by atoms with van der Waals surface area (Å²) in [4.78, 5) is 13.4. The van der Waals surface area contributed by atoms with Gasteiger partial charge in [-0.1, -0.05) is 6.92 Å². The Kier molecular flexibility index (Phi) is 5.40. The molecule has 5 rings (SSSR count). The highest BCUT2D eigenvalue weighted by atomic mass is 16.3. The van der Waals surface area contributed by atoms with Crippen molar-refractivity contribution in [1.82, 2.24) is 0 Å². The van der Waals surface area contributed by atoms with Crippen LogP contribution in [0.5, 0.6) is 0 Å². The molecule has 0 aliphatic heterocycles. The minimum absolute atomic E-state index is 0.0771. The fourth-order valence-corrected chi connectivity index (χ4v) is 8.61. The van der Waals surface area contributed by atoms with Crippen LogP contribution < -0.4 is 5.32 Å². The fourth-order valence-electron chi connectivity index (χ4n) is 8.61. The molecule has 0 bridgehead atoms. The number of aliphatic hydroxyl groups is 1. The molecule has 0 aromatic heterocycles. The lowest BCUT2D eigenvalue weighted by atomic mass is 9.49. The molecule has 0 spiro atoms. The SMILES string of the molecule is Cc1cc(C#N)ccc1NC(=O)[C@H]1CC[C@H]2[C@@H]3CC[C@@H]4C[C@](C)(O)CC[C@@H]4[C@H]3CC[C@]12C.